The highest BCUT2D eigenvalue weighted by atomic mass is 19.1. The van der Waals surface area contributed by atoms with E-state index in [9.17, 15) is 9.18 Å². The summed E-state index contributed by atoms with van der Waals surface area (Å²) in [7, 11) is 0. The molecule has 0 aliphatic carbocycles. The molecule has 3 aromatic rings. The van der Waals surface area contributed by atoms with Crippen molar-refractivity contribution in [2.24, 2.45) is 0 Å². The molecule has 1 aliphatic rings. The Morgan fingerprint density at radius 1 is 1.00 bits per heavy atom. The lowest BCUT2D eigenvalue weighted by atomic mass is 9.93. The number of nitriles is 1. The van der Waals surface area contributed by atoms with Gasteiger partial charge in [0.15, 0.2) is 11.6 Å². The molecule has 2 aromatic carbocycles. The third kappa shape index (κ3) is 16.3. The van der Waals surface area contributed by atoms with E-state index in [4.69, 9.17) is 15.1 Å². The third-order valence-electron chi connectivity index (χ3n) is 7.72. The molecule has 0 atom stereocenters. The van der Waals surface area contributed by atoms with Crippen molar-refractivity contribution in [3.8, 4) is 11.9 Å². The number of halogens is 1. The van der Waals surface area contributed by atoms with Gasteiger partial charge >= 0.3 is 0 Å². The van der Waals surface area contributed by atoms with Gasteiger partial charge in [0.2, 0.25) is 0 Å². The average molecular weight is 660 g/mol. The first kappa shape index (κ1) is 42.2. The summed E-state index contributed by atoms with van der Waals surface area (Å²) in [5, 5.41) is 17.4. The van der Waals surface area contributed by atoms with Gasteiger partial charge in [-0.15, -0.1) is 0 Å². The van der Waals surface area contributed by atoms with E-state index in [0.717, 1.165) is 54.9 Å². The van der Waals surface area contributed by atoms with Crippen LogP contribution in [0.2, 0.25) is 0 Å². The summed E-state index contributed by atoms with van der Waals surface area (Å²) in [6, 6.07) is 17.8. The molecule has 1 fully saturated rings. The van der Waals surface area contributed by atoms with Gasteiger partial charge in [0, 0.05) is 23.7 Å². The fourth-order valence-corrected chi connectivity index (χ4v) is 4.87. The molecule has 2 heterocycles. The van der Waals surface area contributed by atoms with Crippen LogP contribution in [-0.2, 0) is 6.61 Å². The zero-order valence-electron chi connectivity index (χ0n) is 30.4. The van der Waals surface area contributed by atoms with E-state index < -0.39 is 12.4 Å². The number of ether oxygens (including phenoxy) is 1. The summed E-state index contributed by atoms with van der Waals surface area (Å²) in [6.45, 7) is 21.4. The lowest BCUT2D eigenvalue weighted by Crippen LogP contribution is -2.34. The highest BCUT2D eigenvalue weighted by Gasteiger charge is 2.22. The molecule has 6 nitrogen and oxygen atoms in total. The number of aliphatic hydroxyl groups is 1. The fourth-order valence-electron chi connectivity index (χ4n) is 4.87. The second-order valence-corrected chi connectivity index (χ2v) is 12.4. The minimum Gasteiger partial charge on any atom is -0.471 e. The number of carbonyl (C=O) groups excluding carboxylic acids is 1. The number of aromatic nitrogens is 1. The van der Waals surface area contributed by atoms with E-state index in [1.807, 2.05) is 26.8 Å². The van der Waals surface area contributed by atoms with Gasteiger partial charge in [-0.3, -0.25) is 9.69 Å². The van der Waals surface area contributed by atoms with Crippen molar-refractivity contribution in [3.05, 3.63) is 106 Å². The Labute approximate surface area is 289 Å². The number of piperidine rings is 1. The van der Waals surface area contributed by atoms with Crippen molar-refractivity contribution < 1.29 is 19.0 Å². The van der Waals surface area contributed by atoms with E-state index >= 15 is 0 Å². The first-order valence-corrected chi connectivity index (χ1v) is 17.4. The molecule has 0 amide bonds. The van der Waals surface area contributed by atoms with Crippen LogP contribution < -0.4 is 4.74 Å². The van der Waals surface area contributed by atoms with Gasteiger partial charge in [-0.05, 0) is 93.7 Å². The summed E-state index contributed by atoms with van der Waals surface area (Å²) in [4.78, 5) is 17.9. The van der Waals surface area contributed by atoms with Crippen LogP contribution in [0.4, 0.5) is 4.39 Å². The second kappa shape index (κ2) is 24.3. The van der Waals surface area contributed by atoms with Gasteiger partial charge in [-0.2, -0.15) is 5.26 Å². The molecule has 0 spiro atoms. The summed E-state index contributed by atoms with van der Waals surface area (Å²) < 4.78 is 19.7. The zero-order valence-corrected chi connectivity index (χ0v) is 30.4. The second-order valence-electron chi connectivity index (χ2n) is 12.4. The Bertz CT molecular complexity index is 1400. The van der Waals surface area contributed by atoms with Crippen LogP contribution in [0.1, 0.15) is 124 Å². The summed E-state index contributed by atoms with van der Waals surface area (Å²) in [6.07, 6.45) is 8.79. The molecule has 262 valence electrons. The number of aryl methyl sites for hydroxylation is 2. The Morgan fingerprint density at radius 3 is 2.10 bits per heavy atom. The maximum atomic E-state index is 14.1. The van der Waals surface area contributed by atoms with Crippen LogP contribution in [0.3, 0.4) is 0 Å². The molecule has 0 radical (unpaired) electrons. The van der Waals surface area contributed by atoms with Crippen molar-refractivity contribution in [1.29, 1.82) is 5.26 Å². The van der Waals surface area contributed by atoms with E-state index in [1.165, 1.54) is 43.7 Å². The molecule has 1 aromatic heterocycles. The number of rotatable bonds is 11. The Balaban J connectivity index is 0.000000451. The van der Waals surface area contributed by atoms with Crippen molar-refractivity contribution in [3.63, 3.8) is 0 Å². The van der Waals surface area contributed by atoms with Crippen molar-refractivity contribution >= 4 is 5.78 Å². The van der Waals surface area contributed by atoms with Crippen LogP contribution in [0.25, 0.3) is 0 Å². The molecule has 0 saturated carbocycles. The average Bonchev–Trinajstić information content (AvgIpc) is 3.09. The van der Waals surface area contributed by atoms with Crippen LogP contribution in [0, 0.1) is 31.0 Å². The topological polar surface area (TPSA) is 86.5 Å². The van der Waals surface area contributed by atoms with Gasteiger partial charge in [0.1, 0.15) is 13.2 Å². The number of carbonyl (C=O) groups is 1. The number of hydrogen-bond acceptors (Lipinski definition) is 6. The molecule has 1 saturated heterocycles. The van der Waals surface area contributed by atoms with Crippen LogP contribution in [-0.4, -0.2) is 47.0 Å². The predicted molar refractivity (Wildman–Crippen MR) is 196 cm³/mol. The molecule has 1 aliphatic heterocycles. The van der Waals surface area contributed by atoms with Gasteiger partial charge in [0.25, 0.3) is 5.88 Å². The number of unbranched alkanes of at least 4 members (excludes halogenated alkanes) is 3. The number of likely N-dealkylation sites (tertiary alicyclic amines) is 1. The Morgan fingerprint density at radius 2 is 1.60 bits per heavy atom. The van der Waals surface area contributed by atoms with Crippen LogP contribution >= 0.6 is 0 Å². The van der Waals surface area contributed by atoms with E-state index in [0.29, 0.717) is 17.0 Å². The smallest absolute Gasteiger partial charge is 0.250 e. The third-order valence-corrected chi connectivity index (χ3v) is 7.72. The predicted octanol–water partition coefficient (Wildman–Crippen LogP) is 9.91. The maximum Gasteiger partial charge on any atom is 0.250 e. The molecule has 7 heteroatoms. The lowest BCUT2D eigenvalue weighted by molar-refractivity contribution is 0.0903. The highest BCUT2D eigenvalue weighted by molar-refractivity contribution is 5.97. The first-order valence-electron chi connectivity index (χ1n) is 17.4. The minimum atomic E-state index is -0.452. The van der Waals surface area contributed by atoms with Gasteiger partial charge in [0.05, 0.1) is 11.6 Å². The maximum absolute atomic E-state index is 14.1. The number of aliphatic hydroxyl groups excluding tert-OH is 1. The van der Waals surface area contributed by atoms with Crippen molar-refractivity contribution in [2.75, 3.05) is 26.2 Å². The highest BCUT2D eigenvalue weighted by Crippen LogP contribution is 2.29. The standard InChI is InChI=1S/C22H24FN3O.C10H12O2.C6H14.C3H8/c1-16(2)14-26-11-9-19(10-12-26)21-8-7-20(23)22(25-21)27-15-18-5-3-17(13-24)4-6-18;1-7-3-4-9(5-8(7)2)10(12)6-11;1-3-5-6-4-2;1-3-2/h3-8,19H,1,9-12,14-15H2,2H3;3-5,11H,6H2,1-2H3;3-6H2,1-2H3;3H2,1-2H3. The first-order chi connectivity index (χ1) is 23.0. The Hall–Kier alpha value is -3.86. The molecule has 1 N–H and O–H groups in total. The lowest BCUT2D eigenvalue weighted by Gasteiger charge is -2.31. The fraction of sp³-hybridized carbons (Fsp3) is 0.488. The van der Waals surface area contributed by atoms with Gasteiger partial charge in [-0.25, -0.2) is 9.37 Å². The Kier molecular flexibility index (Phi) is 21.4. The number of Topliss-reactive ketones (excluding diaryl/α,β-unsaturated/α-hetero) is 1. The van der Waals surface area contributed by atoms with Crippen LogP contribution in [0.15, 0.2) is 66.7 Å². The quantitative estimate of drug-likeness (QED) is 0.125. The number of ketones is 1. The molecular weight excluding hydrogens is 601 g/mol. The van der Waals surface area contributed by atoms with Crippen molar-refractivity contribution in [2.45, 2.75) is 106 Å². The molecule has 0 unspecified atom stereocenters. The SMILES string of the molecule is C=C(C)CN1CCC(c2ccc(F)c(OCc3ccc(C#N)cc3)n2)CC1.CCC.CCCCCC.Cc1ccc(C(=O)CO)cc1C. The number of hydrogen-bond donors (Lipinski definition) is 1. The molecular formula is C41H58FN3O3. The monoisotopic (exact) mass is 659 g/mol. The number of pyridine rings is 1. The molecule has 0 bridgehead atoms. The zero-order chi connectivity index (χ0) is 35.9. The summed E-state index contributed by atoms with van der Waals surface area (Å²) in [5.74, 6) is -0.310. The molecule has 4 rings (SSSR count). The van der Waals surface area contributed by atoms with Crippen molar-refractivity contribution in [1.82, 2.24) is 9.88 Å². The van der Waals surface area contributed by atoms with Gasteiger partial charge in [-0.1, -0.05) is 96.2 Å². The van der Waals surface area contributed by atoms with Gasteiger partial charge < -0.3 is 9.84 Å². The van der Waals surface area contributed by atoms with E-state index in [2.05, 4.69) is 50.2 Å². The number of benzene rings is 2. The van der Waals surface area contributed by atoms with E-state index in [-0.39, 0.29) is 18.3 Å². The summed E-state index contributed by atoms with van der Waals surface area (Å²) >= 11 is 0. The molecule has 48 heavy (non-hydrogen) atoms. The van der Waals surface area contributed by atoms with E-state index in [1.54, 1.807) is 42.5 Å². The largest absolute Gasteiger partial charge is 0.471 e. The summed E-state index contributed by atoms with van der Waals surface area (Å²) in [5.41, 5.74) is 6.34. The van der Waals surface area contributed by atoms with Crippen LogP contribution in [0.5, 0.6) is 5.88 Å². The number of nitrogens with zero attached hydrogens (tertiary/aromatic N) is 3. The minimum absolute atomic E-state index is 0.0428. The normalized spacial score (nSPS) is 12.6.